The van der Waals surface area contributed by atoms with E-state index in [2.05, 4.69) is 0 Å². The molecule has 25 heavy (non-hydrogen) atoms. The number of nitrogens with zero attached hydrogens (tertiary/aromatic N) is 1. The monoisotopic (exact) mass is 383 g/mol. The number of rotatable bonds is 3. The van der Waals surface area contributed by atoms with Crippen LogP contribution in [-0.2, 0) is 9.53 Å². The van der Waals surface area contributed by atoms with Gasteiger partial charge in [0.05, 0.1) is 5.02 Å². The fourth-order valence-corrected chi connectivity index (χ4v) is 4.38. The molecule has 2 heterocycles. The largest absolute Gasteiger partial charge is 0.451 e. The van der Waals surface area contributed by atoms with Gasteiger partial charge in [0.1, 0.15) is 10.7 Å². The Morgan fingerprint density at radius 2 is 1.84 bits per heavy atom. The second kappa shape index (κ2) is 8.15. The fraction of sp³-hybridized carbons (Fsp3) is 0.444. The summed E-state index contributed by atoms with van der Waals surface area (Å²) in [6, 6.07) is 4.15. The highest BCUT2D eigenvalue weighted by Crippen LogP contribution is 2.36. The average molecular weight is 384 g/mol. The molecule has 4 nitrogen and oxygen atoms in total. The Morgan fingerprint density at radius 1 is 1.16 bits per heavy atom. The standard InChI is InChI=1S/C18H19ClFNO3S/c19-16-13-7-6-12(20)10-14(13)25-17(16)18(23)24-11-15(22)21-8-4-2-1-3-5-9-21/h6-7,10H,1-5,8-9,11H2. The number of carbonyl (C=O) groups is 2. The third-order valence-electron chi connectivity index (χ3n) is 4.31. The van der Waals surface area contributed by atoms with E-state index in [4.69, 9.17) is 16.3 Å². The van der Waals surface area contributed by atoms with Crippen LogP contribution in [-0.4, -0.2) is 36.5 Å². The highest BCUT2D eigenvalue weighted by Gasteiger charge is 2.21. The number of halogens is 2. The first-order chi connectivity index (χ1) is 12.1. The quantitative estimate of drug-likeness (QED) is 0.725. The van der Waals surface area contributed by atoms with E-state index in [1.54, 1.807) is 4.90 Å². The molecule has 1 aliphatic rings. The van der Waals surface area contributed by atoms with Crippen molar-refractivity contribution in [2.75, 3.05) is 19.7 Å². The maximum Gasteiger partial charge on any atom is 0.350 e. The lowest BCUT2D eigenvalue weighted by Gasteiger charge is -2.24. The first-order valence-electron chi connectivity index (χ1n) is 8.38. The van der Waals surface area contributed by atoms with Crippen LogP contribution in [0.3, 0.4) is 0 Å². The topological polar surface area (TPSA) is 46.6 Å². The summed E-state index contributed by atoms with van der Waals surface area (Å²) in [5.41, 5.74) is 0. The Hall–Kier alpha value is -1.66. The molecule has 0 bridgehead atoms. The maximum absolute atomic E-state index is 13.3. The van der Waals surface area contributed by atoms with Crippen LogP contribution >= 0.6 is 22.9 Å². The Balaban J connectivity index is 1.64. The summed E-state index contributed by atoms with van der Waals surface area (Å²) in [4.78, 5) is 26.5. The summed E-state index contributed by atoms with van der Waals surface area (Å²) in [7, 11) is 0. The van der Waals surface area contributed by atoms with Gasteiger partial charge in [-0.3, -0.25) is 4.79 Å². The first kappa shape index (κ1) is 18.1. The molecule has 0 aliphatic carbocycles. The zero-order valence-corrected chi connectivity index (χ0v) is 15.3. The molecule has 1 fully saturated rings. The number of amides is 1. The summed E-state index contributed by atoms with van der Waals surface area (Å²) >= 11 is 7.27. The number of fused-ring (bicyclic) bond motifs is 1. The molecule has 0 saturated carbocycles. The van der Waals surface area contributed by atoms with Crippen molar-refractivity contribution in [3.05, 3.63) is 33.9 Å². The molecule has 1 amide bonds. The van der Waals surface area contributed by atoms with Gasteiger partial charge in [-0.1, -0.05) is 30.9 Å². The molecule has 2 aromatic rings. The van der Waals surface area contributed by atoms with Crippen LogP contribution in [0.15, 0.2) is 18.2 Å². The van der Waals surface area contributed by atoms with Crippen LogP contribution in [0.5, 0.6) is 0 Å². The zero-order chi connectivity index (χ0) is 17.8. The fourth-order valence-electron chi connectivity index (χ4n) is 2.95. The Labute approximate surface area is 154 Å². The Bertz CT molecular complexity index is 784. The number of ether oxygens (including phenoxy) is 1. The van der Waals surface area contributed by atoms with Gasteiger partial charge >= 0.3 is 5.97 Å². The lowest BCUT2D eigenvalue weighted by molar-refractivity contribution is -0.134. The van der Waals surface area contributed by atoms with Gasteiger partial charge in [-0.15, -0.1) is 11.3 Å². The number of thiophene rings is 1. The third-order valence-corrected chi connectivity index (χ3v) is 5.95. The minimum Gasteiger partial charge on any atom is -0.451 e. The third kappa shape index (κ3) is 4.30. The van der Waals surface area contributed by atoms with E-state index in [0.29, 0.717) is 23.2 Å². The van der Waals surface area contributed by atoms with Gasteiger partial charge in [-0.2, -0.15) is 0 Å². The summed E-state index contributed by atoms with van der Waals surface area (Å²) < 4.78 is 19.0. The molecule has 0 atom stereocenters. The molecule has 0 N–H and O–H groups in total. The van der Waals surface area contributed by atoms with E-state index in [-0.39, 0.29) is 22.4 Å². The van der Waals surface area contributed by atoms with Crippen molar-refractivity contribution < 1.29 is 18.7 Å². The summed E-state index contributed by atoms with van der Waals surface area (Å²) in [6.07, 6.45) is 5.41. The molecule has 134 valence electrons. The van der Waals surface area contributed by atoms with Crippen molar-refractivity contribution in [1.29, 1.82) is 0 Å². The van der Waals surface area contributed by atoms with E-state index in [9.17, 15) is 14.0 Å². The molecule has 1 aliphatic heterocycles. The summed E-state index contributed by atoms with van der Waals surface area (Å²) in [5, 5.41) is 0.846. The lowest BCUT2D eigenvalue weighted by Crippen LogP contribution is -2.36. The van der Waals surface area contributed by atoms with Crippen molar-refractivity contribution in [2.24, 2.45) is 0 Å². The smallest absolute Gasteiger partial charge is 0.350 e. The van der Waals surface area contributed by atoms with Gasteiger partial charge in [0.25, 0.3) is 5.91 Å². The van der Waals surface area contributed by atoms with Crippen molar-refractivity contribution in [2.45, 2.75) is 32.1 Å². The van der Waals surface area contributed by atoms with Gasteiger partial charge < -0.3 is 9.64 Å². The number of esters is 1. The van der Waals surface area contributed by atoms with Crippen molar-refractivity contribution in [1.82, 2.24) is 4.90 Å². The molecule has 1 saturated heterocycles. The number of hydrogen-bond donors (Lipinski definition) is 0. The second-order valence-electron chi connectivity index (χ2n) is 6.11. The van der Waals surface area contributed by atoms with E-state index in [0.717, 1.165) is 37.0 Å². The van der Waals surface area contributed by atoms with Gasteiger partial charge in [-0.25, -0.2) is 9.18 Å². The van der Waals surface area contributed by atoms with Crippen molar-refractivity contribution in [3.63, 3.8) is 0 Å². The van der Waals surface area contributed by atoms with Gasteiger partial charge in [0.15, 0.2) is 6.61 Å². The second-order valence-corrected chi connectivity index (χ2v) is 7.54. The Kier molecular flexibility index (Phi) is 5.91. The molecular formula is C18H19ClFNO3S. The highest BCUT2D eigenvalue weighted by atomic mass is 35.5. The zero-order valence-electron chi connectivity index (χ0n) is 13.7. The lowest BCUT2D eigenvalue weighted by atomic mass is 10.1. The number of benzene rings is 1. The van der Waals surface area contributed by atoms with Crippen molar-refractivity contribution >= 4 is 44.9 Å². The molecule has 3 rings (SSSR count). The molecule has 1 aromatic heterocycles. The van der Waals surface area contributed by atoms with E-state index in [1.807, 2.05) is 0 Å². The van der Waals surface area contributed by atoms with Crippen molar-refractivity contribution in [3.8, 4) is 0 Å². The molecule has 7 heteroatoms. The van der Waals surface area contributed by atoms with Crippen LogP contribution in [0.25, 0.3) is 10.1 Å². The predicted molar refractivity (Wildman–Crippen MR) is 96.7 cm³/mol. The minimum absolute atomic E-state index is 0.182. The number of hydrogen-bond acceptors (Lipinski definition) is 4. The van der Waals surface area contributed by atoms with Crippen LogP contribution in [0.1, 0.15) is 41.8 Å². The van der Waals surface area contributed by atoms with Crippen LogP contribution < -0.4 is 0 Å². The van der Waals surface area contributed by atoms with E-state index < -0.39 is 11.8 Å². The van der Waals surface area contributed by atoms with Crippen LogP contribution in [0.2, 0.25) is 5.02 Å². The molecule has 0 unspecified atom stereocenters. The number of likely N-dealkylation sites (tertiary alicyclic amines) is 1. The Morgan fingerprint density at radius 3 is 2.56 bits per heavy atom. The van der Waals surface area contributed by atoms with E-state index in [1.165, 1.54) is 24.6 Å². The summed E-state index contributed by atoms with van der Waals surface area (Å²) in [6.45, 7) is 1.12. The van der Waals surface area contributed by atoms with E-state index >= 15 is 0 Å². The highest BCUT2D eigenvalue weighted by molar-refractivity contribution is 7.21. The van der Waals surface area contributed by atoms with Gasteiger partial charge in [0, 0.05) is 23.2 Å². The van der Waals surface area contributed by atoms with Gasteiger partial charge in [-0.05, 0) is 31.0 Å². The minimum atomic E-state index is -0.646. The van der Waals surface area contributed by atoms with Crippen LogP contribution in [0.4, 0.5) is 4.39 Å². The first-order valence-corrected chi connectivity index (χ1v) is 9.58. The molecular weight excluding hydrogens is 365 g/mol. The number of carbonyl (C=O) groups excluding carboxylic acids is 2. The molecule has 0 radical (unpaired) electrons. The molecule has 1 aromatic carbocycles. The predicted octanol–water partition coefficient (Wildman–Crippen LogP) is 4.64. The molecule has 0 spiro atoms. The van der Waals surface area contributed by atoms with Crippen LogP contribution in [0, 0.1) is 5.82 Å². The van der Waals surface area contributed by atoms with Gasteiger partial charge in [0.2, 0.25) is 0 Å². The average Bonchev–Trinajstić information content (AvgIpc) is 2.88. The SMILES string of the molecule is O=C(OCC(=O)N1CCCCCCC1)c1sc2cc(F)ccc2c1Cl. The summed E-state index contributed by atoms with van der Waals surface area (Å²) in [5.74, 6) is -1.22. The maximum atomic E-state index is 13.3. The normalized spacial score (nSPS) is 15.7.